The Kier molecular flexibility index (Phi) is 2.78. The number of benzene rings is 1. The summed E-state index contributed by atoms with van der Waals surface area (Å²) in [5.74, 6) is 0.0358. The Balaban J connectivity index is 2.04. The highest BCUT2D eigenvalue weighted by atomic mass is 16.2. The van der Waals surface area contributed by atoms with E-state index in [4.69, 9.17) is 0 Å². The van der Waals surface area contributed by atoms with Gasteiger partial charge in [-0.1, -0.05) is 36.4 Å². The quantitative estimate of drug-likeness (QED) is 0.736. The van der Waals surface area contributed by atoms with Crippen molar-refractivity contribution in [1.29, 1.82) is 0 Å². The molecular formula is C16H17NO. The predicted molar refractivity (Wildman–Crippen MR) is 72.0 cm³/mol. The maximum Gasteiger partial charge on any atom is 0.237 e. The zero-order valence-corrected chi connectivity index (χ0v) is 10.6. The van der Waals surface area contributed by atoms with Gasteiger partial charge in [-0.05, 0) is 36.0 Å². The van der Waals surface area contributed by atoms with Crippen LogP contribution in [0.2, 0.25) is 0 Å². The molecule has 2 nitrogen and oxygen atoms in total. The summed E-state index contributed by atoms with van der Waals surface area (Å²) in [4.78, 5) is 14.2. The first-order valence-corrected chi connectivity index (χ1v) is 6.49. The van der Waals surface area contributed by atoms with Crippen molar-refractivity contribution in [2.75, 3.05) is 7.05 Å². The molecule has 1 unspecified atom stereocenters. The van der Waals surface area contributed by atoms with Crippen LogP contribution in [0.3, 0.4) is 0 Å². The first-order chi connectivity index (χ1) is 8.75. The van der Waals surface area contributed by atoms with E-state index >= 15 is 0 Å². The Hall–Kier alpha value is -1.83. The number of rotatable bonds is 1. The molecule has 1 aliphatic heterocycles. The molecule has 0 aromatic heterocycles. The van der Waals surface area contributed by atoms with Crippen LogP contribution in [0.25, 0.3) is 0 Å². The number of fused-ring (bicyclic) bond motifs is 1. The molecule has 1 fully saturated rings. The standard InChI is InChI=1S/C16H17NO/c1-17-11-14-9-5-8-13(14)10-15(16(17)18)12-6-3-2-4-7-12/h2-4,6-7,10-11,15H,5,8-9H2,1H3. The average Bonchev–Trinajstić information content (AvgIpc) is 2.79. The summed E-state index contributed by atoms with van der Waals surface area (Å²) in [5, 5.41) is 0. The predicted octanol–water partition coefficient (Wildman–Crippen LogP) is 3.24. The van der Waals surface area contributed by atoms with E-state index in [0.29, 0.717) is 0 Å². The number of hydrogen-bond acceptors (Lipinski definition) is 1. The minimum Gasteiger partial charge on any atom is -0.321 e. The average molecular weight is 239 g/mol. The third-order valence-electron chi connectivity index (χ3n) is 3.79. The number of hydrogen-bond donors (Lipinski definition) is 0. The molecule has 92 valence electrons. The summed E-state index contributed by atoms with van der Waals surface area (Å²) < 4.78 is 0. The number of carbonyl (C=O) groups is 1. The zero-order valence-electron chi connectivity index (χ0n) is 10.6. The Bertz CT molecular complexity index is 527. The lowest BCUT2D eigenvalue weighted by atomic mass is 9.95. The van der Waals surface area contributed by atoms with E-state index in [1.165, 1.54) is 17.6 Å². The molecule has 0 bridgehead atoms. The smallest absolute Gasteiger partial charge is 0.237 e. The molecule has 0 radical (unpaired) electrons. The van der Waals surface area contributed by atoms with Crippen LogP contribution >= 0.6 is 0 Å². The van der Waals surface area contributed by atoms with Gasteiger partial charge in [0.1, 0.15) is 0 Å². The third-order valence-corrected chi connectivity index (χ3v) is 3.79. The van der Waals surface area contributed by atoms with Crippen molar-refractivity contribution >= 4 is 5.91 Å². The number of allylic oxidation sites excluding steroid dienone is 2. The maximum absolute atomic E-state index is 12.4. The second kappa shape index (κ2) is 4.45. The van der Waals surface area contributed by atoms with E-state index in [9.17, 15) is 4.79 Å². The highest BCUT2D eigenvalue weighted by Gasteiger charge is 2.27. The topological polar surface area (TPSA) is 20.3 Å². The summed E-state index contributed by atoms with van der Waals surface area (Å²) in [5.41, 5.74) is 3.79. The first-order valence-electron chi connectivity index (χ1n) is 6.49. The van der Waals surface area contributed by atoms with Gasteiger partial charge in [-0.3, -0.25) is 4.79 Å². The first kappa shape index (κ1) is 11.3. The van der Waals surface area contributed by atoms with E-state index < -0.39 is 0 Å². The molecule has 1 saturated carbocycles. The van der Waals surface area contributed by atoms with E-state index in [-0.39, 0.29) is 11.8 Å². The third kappa shape index (κ3) is 1.88. The number of carbonyl (C=O) groups excluding carboxylic acids is 1. The monoisotopic (exact) mass is 239 g/mol. The van der Waals surface area contributed by atoms with Gasteiger partial charge in [0.05, 0.1) is 5.92 Å². The van der Waals surface area contributed by atoms with Gasteiger partial charge in [0, 0.05) is 13.2 Å². The van der Waals surface area contributed by atoms with Crippen LogP contribution in [0.5, 0.6) is 0 Å². The van der Waals surface area contributed by atoms with Crippen LogP contribution in [-0.4, -0.2) is 17.9 Å². The molecule has 0 saturated heterocycles. The van der Waals surface area contributed by atoms with Crippen molar-refractivity contribution in [3.05, 3.63) is 59.3 Å². The minimum absolute atomic E-state index is 0.127. The second-order valence-electron chi connectivity index (χ2n) is 5.04. The Morgan fingerprint density at radius 2 is 1.83 bits per heavy atom. The van der Waals surface area contributed by atoms with Crippen molar-refractivity contribution in [2.45, 2.75) is 25.2 Å². The molecule has 2 aliphatic rings. The van der Waals surface area contributed by atoms with Crippen LogP contribution in [-0.2, 0) is 4.79 Å². The summed E-state index contributed by atoms with van der Waals surface area (Å²) in [6.45, 7) is 0. The van der Waals surface area contributed by atoms with Crippen LogP contribution in [0, 0.1) is 0 Å². The van der Waals surface area contributed by atoms with Gasteiger partial charge in [0.25, 0.3) is 0 Å². The molecular weight excluding hydrogens is 222 g/mol. The van der Waals surface area contributed by atoms with E-state index in [1.807, 2.05) is 43.6 Å². The van der Waals surface area contributed by atoms with E-state index in [0.717, 1.165) is 18.4 Å². The van der Waals surface area contributed by atoms with Gasteiger partial charge in [-0.2, -0.15) is 0 Å². The van der Waals surface area contributed by atoms with Gasteiger partial charge in [-0.15, -0.1) is 0 Å². The highest BCUT2D eigenvalue weighted by molar-refractivity contribution is 5.87. The van der Waals surface area contributed by atoms with Crippen molar-refractivity contribution < 1.29 is 4.79 Å². The van der Waals surface area contributed by atoms with Gasteiger partial charge in [0.15, 0.2) is 0 Å². The molecule has 18 heavy (non-hydrogen) atoms. The lowest BCUT2D eigenvalue weighted by molar-refractivity contribution is -0.128. The molecule has 1 heterocycles. The molecule has 0 spiro atoms. The maximum atomic E-state index is 12.4. The largest absolute Gasteiger partial charge is 0.321 e. The molecule has 2 heteroatoms. The van der Waals surface area contributed by atoms with Crippen molar-refractivity contribution in [3.63, 3.8) is 0 Å². The van der Waals surface area contributed by atoms with Crippen molar-refractivity contribution in [1.82, 2.24) is 4.90 Å². The Labute approximate surface area is 108 Å². The molecule has 1 aromatic rings. The van der Waals surface area contributed by atoms with Crippen LogP contribution in [0.15, 0.2) is 53.8 Å². The van der Waals surface area contributed by atoms with Crippen molar-refractivity contribution in [3.8, 4) is 0 Å². The van der Waals surface area contributed by atoms with E-state index in [1.54, 1.807) is 4.90 Å². The highest BCUT2D eigenvalue weighted by Crippen LogP contribution is 2.36. The number of amides is 1. The van der Waals surface area contributed by atoms with Crippen LogP contribution < -0.4 is 0 Å². The summed E-state index contributed by atoms with van der Waals surface area (Å²) >= 11 is 0. The van der Waals surface area contributed by atoms with Crippen molar-refractivity contribution in [2.24, 2.45) is 0 Å². The number of likely N-dealkylation sites (N-methyl/N-ethyl adjacent to an activating group) is 1. The van der Waals surface area contributed by atoms with Gasteiger partial charge >= 0.3 is 0 Å². The van der Waals surface area contributed by atoms with Gasteiger partial charge < -0.3 is 4.90 Å². The second-order valence-corrected chi connectivity index (χ2v) is 5.04. The minimum atomic E-state index is -0.127. The van der Waals surface area contributed by atoms with Gasteiger partial charge in [-0.25, -0.2) is 0 Å². The summed E-state index contributed by atoms with van der Waals surface area (Å²) in [6, 6.07) is 10.0. The normalized spacial score (nSPS) is 23.3. The lowest BCUT2D eigenvalue weighted by Crippen LogP contribution is -2.25. The van der Waals surface area contributed by atoms with Gasteiger partial charge in [0.2, 0.25) is 5.91 Å². The Morgan fingerprint density at radius 3 is 2.61 bits per heavy atom. The van der Waals surface area contributed by atoms with Crippen LogP contribution in [0.4, 0.5) is 0 Å². The summed E-state index contributed by atoms with van der Waals surface area (Å²) in [6.07, 6.45) is 7.60. The molecule has 3 rings (SSSR count). The fourth-order valence-corrected chi connectivity index (χ4v) is 2.82. The molecule has 1 amide bonds. The molecule has 1 aliphatic carbocycles. The van der Waals surface area contributed by atoms with E-state index in [2.05, 4.69) is 6.08 Å². The number of nitrogens with zero attached hydrogens (tertiary/aromatic N) is 1. The Morgan fingerprint density at radius 1 is 1.11 bits per heavy atom. The molecule has 1 aromatic carbocycles. The van der Waals surface area contributed by atoms with Crippen LogP contribution in [0.1, 0.15) is 30.7 Å². The SMILES string of the molecule is CN1C=C2CCCC2=CC(c2ccccc2)C1=O. The lowest BCUT2D eigenvalue weighted by Gasteiger charge is -2.17. The molecule has 1 atom stereocenters. The fraction of sp³-hybridized carbons (Fsp3) is 0.312. The zero-order chi connectivity index (χ0) is 12.5. The molecule has 0 N–H and O–H groups in total. The summed E-state index contributed by atoms with van der Waals surface area (Å²) in [7, 11) is 1.86. The fourth-order valence-electron chi connectivity index (χ4n) is 2.82.